The van der Waals surface area contributed by atoms with Gasteiger partial charge in [-0.15, -0.1) is 0 Å². The second-order valence-corrected chi connectivity index (χ2v) is 6.92. The molecule has 0 unspecified atom stereocenters. The van der Waals surface area contributed by atoms with E-state index in [1.807, 2.05) is 11.0 Å². The summed E-state index contributed by atoms with van der Waals surface area (Å²) in [6, 6.07) is 3.59. The van der Waals surface area contributed by atoms with Gasteiger partial charge in [-0.1, -0.05) is 0 Å². The van der Waals surface area contributed by atoms with Crippen LogP contribution in [0.3, 0.4) is 0 Å². The van der Waals surface area contributed by atoms with Crippen molar-refractivity contribution in [1.29, 1.82) is 0 Å². The maximum Gasteiger partial charge on any atom is 0.152 e. The van der Waals surface area contributed by atoms with Crippen LogP contribution in [-0.4, -0.2) is 43.1 Å². The molecule has 0 spiro atoms. The fraction of sp³-hybridized carbons (Fsp3) is 0.583. The van der Waals surface area contributed by atoms with E-state index in [9.17, 15) is 13.5 Å². The highest BCUT2D eigenvalue weighted by Crippen LogP contribution is 2.19. The van der Waals surface area contributed by atoms with Crippen LogP contribution in [0.5, 0.6) is 0 Å². The van der Waals surface area contributed by atoms with Crippen LogP contribution < -0.4 is 4.90 Å². The Bertz CT molecular complexity index is 514. The number of nitrogens with zero attached hydrogens (tertiary/aromatic N) is 2. The molecular weight excluding hydrogens is 252 g/mol. The van der Waals surface area contributed by atoms with Crippen molar-refractivity contribution in [2.45, 2.75) is 19.4 Å². The molecular formula is C12H18N2O3S. The minimum atomic E-state index is -2.91. The van der Waals surface area contributed by atoms with Crippen LogP contribution in [0.15, 0.2) is 18.3 Å². The van der Waals surface area contributed by atoms with Gasteiger partial charge in [-0.2, -0.15) is 0 Å². The van der Waals surface area contributed by atoms with Crippen LogP contribution in [0.25, 0.3) is 0 Å². The number of rotatable bonds is 2. The molecule has 6 heteroatoms. The minimum absolute atomic E-state index is 0.174. The molecule has 2 rings (SSSR count). The van der Waals surface area contributed by atoms with Crippen molar-refractivity contribution in [3.63, 3.8) is 0 Å². The molecule has 1 aliphatic heterocycles. The van der Waals surface area contributed by atoms with Gasteiger partial charge in [0, 0.05) is 19.3 Å². The maximum atomic E-state index is 11.5. The van der Waals surface area contributed by atoms with Gasteiger partial charge in [0.05, 0.1) is 17.6 Å². The Morgan fingerprint density at radius 3 is 2.89 bits per heavy atom. The van der Waals surface area contributed by atoms with Crippen molar-refractivity contribution in [3.05, 3.63) is 23.9 Å². The Morgan fingerprint density at radius 1 is 1.39 bits per heavy atom. The van der Waals surface area contributed by atoms with Crippen molar-refractivity contribution >= 4 is 15.7 Å². The Morgan fingerprint density at radius 2 is 2.17 bits per heavy atom. The third kappa shape index (κ3) is 3.20. The lowest BCUT2D eigenvalue weighted by atomic mass is 10.1. The monoisotopic (exact) mass is 270 g/mol. The summed E-state index contributed by atoms with van der Waals surface area (Å²) in [6.45, 7) is 2.86. The lowest BCUT2D eigenvalue weighted by Crippen LogP contribution is -2.27. The van der Waals surface area contributed by atoms with Gasteiger partial charge in [0.1, 0.15) is 5.82 Å². The summed E-state index contributed by atoms with van der Waals surface area (Å²) in [6.07, 6.45) is 1.74. The molecule has 1 aliphatic rings. The van der Waals surface area contributed by atoms with Crippen molar-refractivity contribution in [2.75, 3.05) is 29.5 Å². The van der Waals surface area contributed by atoms with Crippen LogP contribution in [0.2, 0.25) is 0 Å². The quantitative estimate of drug-likeness (QED) is 0.859. The van der Waals surface area contributed by atoms with E-state index >= 15 is 0 Å². The average molecular weight is 270 g/mol. The number of sulfone groups is 1. The SMILES string of the molecule is C[C@H](O)c1ccnc(N2CCCS(=O)(=O)CC2)c1. The van der Waals surface area contributed by atoms with Crippen LogP contribution >= 0.6 is 0 Å². The molecule has 5 nitrogen and oxygen atoms in total. The number of hydrogen-bond acceptors (Lipinski definition) is 5. The number of aromatic nitrogens is 1. The number of aliphatic hydroxyl groups is 1. The van der Waals surface area contributed by atoms with E-state index in [-0.39, 0.29) is 11.5 Å². The van der Waals surface area contributed by atoms with Gasteiger partial charge in [0.25, 0.3) is 0 Å². The van der Waals surface area contributed by atoms with Crippen LogP contribution in [0.1, 0.15) is 25.0 Å². The highest BCUT2D eigenvalue weighted by atomic mass is 32.2. The minimum Gasteiger partial charge on any atom is -0.389 e. The summed E-state index contributed by atoms with van der Waals surface area (Å²) in [5, 5.41) is 9.54. The Labute approximate surface area is 107 Å². The first kappa shape index (κ1) is 13.3. The lowest BCUT2D eigenvalue weighted by molar-refractivity contribution is 0.199. The van der Waals surface area contributed by atoms with Gasteiger partial charge < -0.3 is 10.0 Å². The molecule has 1 atom stereocenters. The van der Waals surface area contributed by atoms with Crippen molar-refractivity contribution < 1.29 is 13.5 Å². The lowest BCUT2D eigenvalue weighted by Gasteiger charge is -2.21. The molecule has 1 fully saturated rings. The van der Waals surface area contributed by atoms with E-state index in [2.05, 4.69) is 4.98 Å². The number of anilines is 1. The molecule has 0 aromatic carbocycles. The normalized spacial score (nSPS) is 21.3. The molecule has 0 aliphatic carbocycles. The molecule has 0 amide bonds. The number of aliphatic hydroxyl groups excluding tert-OH is 1. The molecule has 1 aromatic heterocycles. The molecule has 1 saturated heterocycles. The first-order valence-corrected chi connectivity index (χ1v) is 7.89. The number of hydrogen-bond donors (Lipinski definition) is 1. The molecule has 18 heavy (non-hydrogen) atoms. The topological polar surface area (TPSA) is 70.5 Å². The molecule has 0 saturated carbocycles. The zero-order chi connectivity index (χ0) is 13.2. The zero-order valence-electron chi connectivity index (χ0n) is 10.4. The van der Waals surface area contributed by atoms with E-state index in [0.717, 1.165) is 11.4 Å². The largest absolute Gasteiger partial charge is 0.389 e. The molecule has 2 heterocycles. The summed E-state index contributed by atoms with van der Waals surface area (Å²) in [5.41, 5.74) is 0.798. The summed E-state index contributed by atoms with van der Waals surface area (Å²) >= 11 is 0. The van der Waals surface area contributed by atoms with Crippen LogP contribution in [0, 0.1) is 0 Å². The average Bonchev–Trinajstić information content (AvgIpc) is 2.50. The Kier molecular flexibility index (Phi) is 3.87. The van der Waals surface area contributed by atoms with E-state index in [4.69, 9.17) is 0 Å². The maximum absolute atomic E-state index is 11.5. The van der Waals surface area contributed by atoms with E-state index in [1.54, 1.807) is 19.2 Å². The van der Waals surface area contributed by atoms with Crippen molar-refractivity contribution in [2.24, 2.45) is 0 Å². The van der Waals surface area contributed by atoms with Gasteiger partial charge >= 0.3 is 0 Å². The smallest absolute Gasteiger partial charge is 0.152 e. The van der Waals surface area contributed by atoms with Crippen molar-refractivity contribution in [1.82, 2.24) is 4.98 Å². The fourth-order valence-corrected chi connectivity index (χ4v) is 3.31. The first-order valence-electron chi connectivity index (χ1n) is 6.07. The predicted molar refractivity (Wildman–Crippen MR) is 70.4 cm³/mol. The first-order chi connectivity index (χ1) is 8.48. The highest BCUT2D eigenvalue weighted by molar-refractivity contribution is 7.91. The molecule has 0 bridgehead atoms. The summed E-state index contributed by atoms with van der Waals surface area (Å²) < 4.78 is 23.1. The van der Waals surface area contributed by atoms with E-state index in [0.29, 0.717) is 19.5 Å². The molecule has 0 radical (unpaired) electrons. The third-order valence-corrected chi connectivity index (χ3v) is 4.85. The van der Waals surface area contributed by atoms with E-state index < -0.39 is 15.9 Å². The summed E-state index contributed by atoms with van der Waals surface area (Å²) in [4.78, 5) is 6.22. The second kappa shape index (κ2) is 5.24. The van der Waals surface area contributed by atoms with Gasteiger partial charge in [0.15, 0.2) is 9.84 Å². The van der Waals surface area contributed by atoms with Gasteiger partial charge in [-0.25, -0.2) is 13.4 Å². The van der Waals surface area contributed by atoms with Crippen molar-refractivity contribution in [3.8, 4) is 0 Å². The zero-order valence-corrected chi connectivity index (χ0v) is 11.2. The molecule has 1 N–H and O–H groups in total. The summed E-state index contributed by atoms with van der Waals surface area (Å²) in [7, 11) is -2.91. The molecule has 100 valence electrons. The van der Waals surface area contributed by atoms with Crippen LogP contribution in [0.4, 0.5) is 5.82 Å². The predicted octanol–water partition coefficient (Wildman–Crippen LogP) is 0.760. The Hall–Kier alpha value is -1.14. The van der Waals surface area contributed by atoms with Crippen LogP contribution in [-0.2, 0) is 9.84 Å². The fourth-order valence-electron chi connectivity index (χ4n) is 2.03. The highest BCUT2D eigenvalue weighted by Gasteiger charge is 2.20. The summed E-state index contributed by atoms with van der Waals surface area (Å²) in [5.74, 6) is 1.16. The van der Waals surface area contributed by atoms with Gasteiger partial charge in [-0.3, -0.25) is 0 Å². The third-order valence-electron chi connectivity index (χ3n) is 3.13. The Balaban J connectivity index is 2.18. The van der Waals surface area contributed by atoms with E-state index in [1.165, 1.54) is 0 Å². The number of pyridine rings is 1. The standard InChI is InChI=1S/C12H18N2O3S/c1-10(15)11-3-4-13-12(9-11)14-5-2-7-18(16,17)8-6-14/h3-4,9-10,15H,2,5-8H2,1H3/t10-/m0/s1. The van der Waals surface area contributed by atoms with Gasteiger partial charge in [-0.05, 0) is 31.0 Å². The second-order valence-electron chi connectivity index (χ2n) is 4.62. The molecule has 1 aromatic rings. The van der Waals surface area contributed by atoms with Gasteiger partial charge in [0.2, 0.25) is 0 Å².